The average molecular weight is 464 g/mol. The first-order chi connectivity index (χ1) is 15.4. The van der Waals surface area contributed by atoms with Gasteiger partial charge >= 0.3 is 0 Å². The largest absolute Gasteiger partial charge is 0.325 e. The molecule has 0 atom stereocenters. The number of carbonyl (C=O) groups is 1. The van der Waals surface area contributed by atoms with Crippen LogP contribution in [0.15, 0.2) is 66.1 Å². The minimum Gasteiger partial charge on any atom is -0.325 e. The number of carbonyl (C=O) groups excluding carboxylic acids is 1. The zero-order valence-electron chi connectivity index (χ0n) is 18.0. The topological polar surface area (TPSA) is 72.7 Å². The second kappa shape index (κ2) is 9.54. The lowest BCUT2D eigenvalue weighted by molar-refractivity contribution is -0.113. The summed E-state index contributed by atoms with van der Waals surface area (Å²) >= 11 is 7.40. The van der Waals surface area contributed by atoms with Crippen molar-refractivity contribution in [1.29, 1.82) is 0 Å². The number of pyridine rings is 1. The molecule has 1 amide bonds. The molecule has 32 heavy (non-hydrogen) atoms. The van der Waals surface area contributed by atoms with Crippen molar-refractivity contribution >= 4 is 35.0 Å². The maximum Gasteiger partial charge on any atom is 0.234 e. The van der Waals surface area contributed by atoms with Gasteiger partial charge in [-0.05, 0) is 73.9 Å². The van der Waals surface area contributed by atoms with E-state index in [1.54, 1.807) is 24.5 Å². The molecule has 2 heterocycles. The first-order valence-corrected chi connectivity index (χ1v) is 11.4. The summed E-state index contributed by atoms with van der Waals surface area (Å²) in [4.78, 5) is 16.7. The SMILES string of the molecule is Cc1ccc(-n2c(SCC(=O)Nc3cc(Cl)ccc3C)nnc2-c2ccncc2)cc1C. The summed E-state index contributed by atoms with van der Waals surface area (Å²) in [6, 6.07) is 15.4. The summed E-state index contributed by atoms with van der Waals surface area (Å²) < 4.78 is 1.98. The van der Waals surface area contributed by atoms with Gasteiger partial charge in [-0.15, -0.1) is 10.2 Å². The lowest BCUT2D eigenvalue weighted by Gasteiger charge is -2.12. The van der Waals surface area contributed by atoms with E-state index in [-0.39, 0.29) is 11.7 Å². The fourth-order valence-electron chi connectivity index (χ4n) is 3.19. The molecule has 4 aromatic rings. The molecule has 0 aliphatic rings. The summed E-state index contributed by atoms with van der Waals surface area (Å²) in [5.41, 5.74) is 5.87. The van der Waals surface area contributed by atoms with Crippen LogP contribution in [0, 0.1) is 20.8 Å². The van der Waals surface area contributed by atoms with E-state index < -0.39 is 0 Å². The predicted molar refractivity (Wildman–Crippen MR) is 130 cm³/mol. The summed E-state index contributed by atoms with van der Waals surface area (Å²) in [7, 11) is 0. The zero-order valence-corrected chi connectivity index (χ0v) is 19.5. The number of hydrogen-bond donors (Lipinski definition) is 1. The molecule has 162 valence electrons. The number of nitrogens with zero attached hydrogens (tertiary/aromatic N) is 4. The number of anilines is 1. The van der Waals surface area contributed by atoms with Crippen LogP contribution in [0.1, 0.15) is 16.7 Å². The lowest BCUT2D eigenvalue weighted by Crippen LogP contribution is -2.15. The van der Waals surface area contributed by atoms with E-state index >= 15 is 0 Å². The summed E-state index contributed by atoms with van der Waals surface area (Å²) in [6.07, 6.45) is 3.45. The molecule has 0 saturated carbocycles. The van der Waals surface area contributed by atoms with Crippen LogP contribution in [0.4, 0.5) is 5.69 Å². The van der Waals surface area contributed by atoms with Crippen LogP contribution < -0.4 is 5.32 Å². The number of aryl methyl sites for hydroxylation is 3. The fourth-order valence-corrected chi connectivity index (χ4v) is 4.12. The Balaban J connectivity index is 1.62. The number of nitrogens with one attached hydrogen (secondary N) is 1. The van der Waals surface area contributed by atoms with E-state index in [1.165, 1.54) is 22.9 Å². The summed E-state index contributed by atoms with van der Waals surface area (Å²) in [6.45, 7) is 6.08. The van der Waals surface area contributed by atoms with Crippen LogP contribution >= 0.6 is 23.4 Å². The maximum absolute atomic E-state index is 12.6. The Hall–Kier alpha value is -3.16. The Morgan fingerprint density at radius 2 is 1.72 bits per heavy atom. The number of rotatable bonds is 6. The smallest absolute Gasteiger partial charge is 0.234 e. The lowest BCUT2D eigenvalue weighted by atomic mass is 10.1. The van der Waals surface area contributed by atoms with Gasteiger partial charge in [-0.2, -0.15) is 0 Å². The molecule has 0 bridgehead atoms. The second-order valence-electron chi connectivity index (χ2n) is 7.44. The van der Waals surface area contributed by atoms with Crippen LogP contribution in [0.2, 0.25) is 5.02 Å². The van der Waals surface area contributed by atoms with Gasteiger partial charge in [0.25, 0.3) is 0 Å². The highest BCUT2D eigenvalue weighted by Gasteiger charge is 2.18. The van der Waals surface area contributed by atoms with E-state index in [1.807, 2.05) is 35.8 Å². The van der Waals surface area contributed by atoms with Crippen molar-refractivity contribution in [2.45, 2.75) is 25.9 Å². The molecule has 1 N–H and O–H groups in total. The van der Waals surface area contributed by atoms with Crippen molar-refractivity contribution in [3.8, 4) is 17.1 Å². The summed E-state index contributed by atoms with van der Waals surface area (Å²) in [5, 5.41) is 12.9. The van der Waals surface area contributed by atoms with Gasteiger partial charge in [-0.3, -0.25) is 14.3 Å². The third-order valence-electron chi connectivity index (χ3n) is 5.13. The quantitative estimate of drug-likeness (QED) is 0.374. The Labute approximate surface area is 196 Å². The number of amides is 1. The molecular formula is C24H22ClN5OS. The molecule has 6 nitrogen and oxygen atoms in total. The molecule has 0 radical (unpaired) electrons. The zero-order chi connectivity index (χ0) is 22.7. The first kappa shape index (κ1) is 22.0. The number of aromatic nitrogens is 4. The highest BCUT2D eigenvalue weighted by atomic mass is 35.5. The van der Waals surface area contributed by atoms with E-state index in [9.17, 15) is 4.79 Å². The molecule has 8 heteroatoms. The molecule has 0 saturated heterocycles. The van der Waals surface area contributed by atoms with E-state index in [0.29, 0.717) is 21.7 Å². The van der Waals surface area contributed by atoms with Gasteiger partial charge in [-0.25, -0.2) is 0 Å². The number of halogens is 1. The Kier molecular flexibility index (Phi) is 6.58. The van der Waals surface area contributed by atoms with Crippen LogP contribution in [-0.2, 0) is 4.79 Å². The number of thioether (sulfide) groups is 1. The molecule has 4 rings (SSSR count). The van der Waals surface area contributed by atoms with Gasteiger partial charge in [-0.1, -0.05) is 35.5 Å². The van der Waals surface area contributed by atoms with Gasteiger partial charge in [0.1, 0.15) is 0 Å². The number of hydrogen-bond acceptors (Lipinski definition) is 5. The third kappa shape index (κ3) is 4.84. The Morgan fingerprint density at radius 3 is 2.47 bits per heavy atom. The Bertz CT molecular complexity index is 1270. The fraction of sp³-hybridized carbons (Fsp3) is 0.167. The van der Waals surface area contributed by atoms with Crippen molar-refractivity contribution in [2.24, 2.45) is 0 Å². The van der Waals surface area contributed by atoms with Crippen LogP contribution in [-0.4, -0.2) is 31.4 Å². The monoisotopic (exact) mass is 463 g/mol. The van der Waals surface area contributed by atoms with Crippen molar-refractivity contribution in [1.82, 2.24) is 19.7 Å². The van der Waals surface area contributed by atoms with Crippen molar-refractivity contribution in [3.05, 3.63) is 82.6 Å². The first-order valence-electron chi connectivity index (χ1n) is 10.0. The van der Waals surface area contributed by atoms with E-state index in [0.717, 1.165) is 16.8 Å². The van der Waals surface area contributed by atoms with Crippen molar-refractivity contribution < 1.29 is 4.79 Å². The summed E-state index contributed by atoms with van der Waals surface area (Å²) in [5.74, 6) is 0.746. The molecule has 0 spiro atoms. The third-order valence-corrected chi connectivity index (χ3v) is 6.29. The normalized spacial score (nSPS) is 10.9. The van der Waals surface area contributed by atoms with Crippen molar-refractivity contribution in [3.63, 3.8) is 0 Å². The van der Waals surface area contributed by atoms with E-state index in [2.05, 4.69) is 46.5 Å². The highest BCUT2D eigenvalue weighted by Crippen LogP contribution is 2.29. The van der Waals surface area contributed by atoms with Crippen molar-refractivity contribution in [2.75, 3.05) is 11.1 Å². The molecular weight excluding hydrogens is 442 g/mol. The minimum absolute atomic E-state index is 0.138. The van der Waals surface area contributed by atoms with Crippen LogP contribution in [0.5, 0.6) is 0 Å². The van der Waals surface area contributed by atoms with Crippen LogP contribution in [0.25, 0.3) is 17.1 Å². The van der Waals surface area contributed by atoms with Gasteiger partial charge in [0.15, 0.2) is 11.0 Å². The molecule has 0 aliphatic carbocycles. The van der Waals surface area contributed by atoms with Crippen LogP contribution in [0.3, 0.4) is 0 Å². The van der Waals surface area contributed by atoms with Gasteiger partial charge < -0.3 is 5.32 Å². The molecule has 2 aromatic heterocycles. The standard InChI is InChI=1S/C24H22ClN5OS/c1-15-5-7-20(12-17(15)3)30-23(18-8-10-26-11-9-18)28-29-24(30)32-14-22(31)27-21-13-19(25)6-4-16(21)2/h4-13H,14H2,1-3H3,(H,27,31). The maximum atomic E-state index is 12.6. The van der Waals surface area contributed by atoms with Gasteiger partial charge in [0, 0.05) is 28.7 Å². The highest BCUT2D eigenvalue weighted by molar-refractivity contribution is 7.99. The molecule has 2 aromatic carbocycles. The number of benzene rings is 2. The second-order valence-corrected chi connectivity index (χ2v) is 8.82. The predicted octanol–water partition coefficient (Wildman–Crippen LogP) is 5.64. The average Bonchev–Trinajstić information content (AvgIpc) is 3.21. The molecule has 0 unspecified atom stereocenters. The minimum atomic E-state index is -0.138. The molecule has 0 aliphatic heterocycles. The Morgan fingerprint density at radius 1 is 0.969 bits per heavy atom. The van der Waals surface area contributed by atoms with Gasteiger partial charge in [0.2, 0.25) is 5.91 Å². The van der Waals surface area contributed by atoms with E-state index in [4.69, 9.17) is 11.6 Å². The van der Waals surface area contributed by atoms with Gasteiger partial charge in [0.05, 0.1) is 11.4 Å². The molecule has 0 fully saturated rings.